The minimum absolute atomic E-state index is 0.0533. The summed E-state index contributed by atoms with van der Waals surface area (Å²) in [5.74, 6) is 2.65. The molecule has 0 atom stereocenters. The molecule has 2 aromatic rings. The van der Waals surface area contributed by atoms with Crippen molar-refractivity contribution in [2.24, 2.45) is 0 Å². The third-order valence-corrected chi connectivity index (χ3v) is 3.47. The van der Waals surface area contributed by atoms with Crippen LogP contribution in [-0.2, 0) is 0 Å². The number of terminal acetylenes is 1. The Morgan fingerprint density at radius 2 is 1.74 bits per heavy atom. The normalized spacial score (nSPS) is 11.7. The highest BCUT2D eigenvalue weighted by atomic mass is 16.1. The Bertz CT molecular complexity index is 764. The second-order valence-corrected chi connectivity index (χ2v) is 6.05. The molecule has 0 radical (unpaired) electrons. The molecule has 2 heteroatoms. The second kappa shape index (κ2) is 6.98. The number of hydrogen-bond acceptors (Lipinski definition) is 2. The van der Waals surface area contributed by atoms with Crippen molar-refractivity contribution < 1.29 is 4.79 Å². The number of carbonyl (C=O) groups is 1. The Morgan fingerprint density at radius 3 is 2.35 bits per heavy atom. The molecule has 0 aliphatic rings. The van der Waals surface area contributed by atoms with Crippen LogP contribution < -0.4 is 5.32 Å². The van der Waals surface area contributed by atoms with Crippen LogP contribution in [0.1, 0.15) is 35.3 Å². The topological polar surface area (TPSA) is 29.1 Å². The van der Waals surface area contributed by atoms with Crippen molar-refractivity contribution in [1.29, 1.82) is 0 Å². The third kappa shape index (κ3) is 4.59. The van der Waals surface area contributed by atoms with Crippen molar-refractivity contribution in [3.05, 3.63) is 77.4 Å². The SMILES string of the molecule is C#CC(C)(C)N/C(=C\C(=O)c1ccccc1)c1cccc(C)c1. The molecular weight excluding hydrogens is 282 g/mol. The lowest BCUT2D eigenvalue weighted by Crippen LogP contribution is -2.36. The van der Waals surface area contributed by atoms with Gasteiger partial charge in [-0.25, -0.2) is 0 Å². The summed E-state index contributed by atoms with van der Waals surface area (Å²) in [7, 11) is 0. The number of benzene rings is 2. The number of nitrogens with one attached hydrogen (secondary N) is 1. The number of ketones is 1. The van der Waals surface area contributed by atoms with E-state index in [0.717, 1.165) is 16.8 Å². The van der Waals surface area contributed by atoms with Crippen LogP contribution in [0.4, 0.5) is 0 Å². The van der Waals surface area contributed by atoms with Crippen molar-refractivity contribution in [1.82, 2.24) is 5.32 Å². The summed E-state index contributed by atoms with van der Waals surface area (Å²) in [5, 5.41) is 3.29. The van der Waals surface area contributed by atoms with Gasteiger partial charge in [-0.05, 0) is 32.4 Å². The molecule has 23 heavy (non-hydrogen) atoms. The minimum atomic E-state index is -0.549. The maximum absolute atomic E-state index is 12.5. The number of aryl methyl sites for hydroxylation is 1. The fraction of sp³-hybridized carbons (Fsp3) is 0.190. The van der Waals surface area contributed by atoms with Gasteiger partial charge in [-0.15, -0.1) is 6.42 Å². The molecule has 2 rings (SSSR count). The van der Waals surface area contributed by atoms with Gasteiger partial charge in [0, 0.05) is 17.3 Å². The summed E-state index contributed by atoms with van der Waals surface area (Å²) in [6.07, 6.45) is 7.19. The van der Waals surface area contributed by atoms with Gasteiger partial charge in [-0.2, -0.15) is 0 Å². The van der Waals surface area contributed by atoms with E-state index in [9.17, 15) is 4.79 Å². The highest BCUT2D eigenvalue weighted by Crippen LogP contribution is 2.18. The van der Waals surface area contributed by atoms with Gasteiger partial charge in [0.25, 0.3) is 0 Å². The molecule has 2 aromatic carbocycles. The summed E-state index contributed by atoms with van der Waals surface area (Å²) in [5.41, 5.74) is 2.90. The standard InChI is InChI=1S/C21H21NO/c1-5-21(3,4)22-19(18-13-9-10-16(2)14-18)15-20(23)17-11-7-6-8-12-17/h1,6-15,22H,2-4H3/b19-15-. The molecule has 0 fully saturated rings. The van der Waals surface area contributed by atoms with Crippen molar-refractivity contribution in [3.63, 3.8) is 0 Å². The zero-order valence-corrected chi connectivity index (χ0v) is 13.8. The number of carbonyl (C=O) groups excluding carboxylic acids is 1. The lowest BCUT2D eigenvalue weighted by molar-refractivity contribution is 0.104. The molecule has 1 N–H and O–H groups in total. The first-order chi connectivity index (χ1) is 10.9. The van der Waals surface area contributed by atoms with Crippen molar-refractivity contribution in [3.8, 4) is 12.3 Å². The van der Waals surface area contributed by atoms with Gasteiger partial charge >= 0.3 is 0 Å². The van der Waals surface area contributed by atoms with Crippen LogP contribution >= 0.6 is 0 Å². The van der Waals surface area contributed by atoms with Crippen LogP contribution in [0.15, 0.2) is 60.7 Å². The van der Waals surface area contributed by atoms with Crippen molar-refractivity contribution in [2.75, 3.05) is 0 Å². The monoisotopic (exact) mass is 303 g/mol. The van der Waals surface area contributed by atoms with E-state index in [-0.39, 0.29) is 5.78 Å². The molecule has 0 spiro atoms. The van der Waals surface area contributed by atoms with Crippen molar-refractivity contribution in [2.45, 2.75) is 26.3 Å². The average Bonchev–Trinajstić information content (AvgIpc) is 2.55. The summed E-state index contributed by atoms with van der Waals surface area (Å²) in [6, 6.07) is 17.2. The Hall–Kier alpha value is -2.79. The maximum Gasteiger partial charge on any atom is 0.187 e. The summed E-state index contributed by atoms with van der Waals surface area (Å²) in [4.78, 5) is 12.5. The van der Waals surface area contributed by atoms with E-state index in [1.165, 1.54) is 0 Å². The van der Waals surface area contributed by atoms with Crippen LogP contribution in [-0.4, -0.2) is 11.3 Å². The zero-order chi connectivity index (χ0) is 16.9. The molecule has 0 aromatic heterocycles. The Morgan fingerprint density at radius 1 is 1.09 bits per heavy atom. The zero-order valence-electron chi connectivity index (χ0n) is 13.8. The van der Waals surface area contributed by atoms with Crippen LogP contribution in [0, 0.1) is 19.3 Å². The first-order valence-electron chi connectivity index (χ1n) is 7.55. The van der Waals surface area contributed by atoms with Crippen LogP contribution in [0.2, 0.25) is 0 Å². The lowest BCUT2D eigenvalue weighted by Gasteiger charge is -2.24. The number of hydrogen-bond donors (Lipinski definition) is 1. The fourth-order valence-electron chi connectivity index (χ4n) is 2.19. The van der Waals surface area contributed by atoms with E-state index in [2.05, 4.69) is 11.2 Å². The first kappa shape index (κ1) is 16.6. The molecule has 0 heterocycles. The molecule has 0 aliphatic heterocycles. The minimum Gasteiger partial charge on any atom is -0.369 e. The van der Waals surface area contributed by atoms with Gasteiger partial charge in [0.2, 0.25) is 0 Å². The molecular formula is C21H21NO. The highest BCUT2D eigenvalue weighted by molar-refractivity contribution is 6.08. The average molecular weight is 303 g/mol. The molecule has 2 nitrogen and oxygen atoms in total. The van der Waals surface area contributed by atoms with E-state index >= 15 is 0 Å². The van der Waals surface area contributed by atoms with Gasteiger partial charge in [-0.3, -0.25) is 4.79 Å². The van der Waals surface area contributed by atoms with E-state index in [1.807, 2.05) is 63.2 Å². The van der Waals surface area contributed by atoms with Crippen molar-refractivity contribution >= 4 is 11.5 Å². The summed E-state index contributed by atoms with van der Waals surface area (Å²) >= 11 is 0. The number of allylic oxidation sites excluding steroid dienone is 1. The summed E-state index contributed by atoms with van der Waals surface area (Å²) < 4.78 is 0. The number of rotatable bonds is 5. The molecule has 0 saturated carbocycles. The van der Waals surface area contributed by atoms with Crippen LogP contribution in [0.5, 0.6) is 0 Å². The molecule has 0 saturated heterocycles. The maximum atomic E-state index is 12.5. The Balaban J connectivity index is 2.43. The van der Waals surface area contributed by atoms with E-state index < -0.39 is 5.54 Å². The van der Waals surface area contributed by atoms with Gasteiger partial charge in [0.05, 0.1) is 5.54 Å². The van der Waals surface area contributed by atoms with E-state index in [1.54, 1.807) is 18.2 Å². The molecule has 0 unspecified atom stereocenters. The Kier molecular flexibility index (Phi) is 5.03. The molecule has 0 bridgehead atoms. The van der Waals surface area contributed by atoms with Crippen LogP contribution in [0.3, 0.4) is 0 Å². The van der Waals surface area contributed by atoms with E-state index in [4.69, 9.17) is 6.42 Å². The predicted molar refractivity (Wildman–Crippen MR) is 96.0 cm³/mol. The predicted octanol–water partition coefficient (Wildman–Crippen LogP) is 4.22. The largest absolute Gasteiger partial charge is 0.369 e. The second-order valence-electron chi connectivity index (χ2n) is 6.05. The van der Waals surface area contributed by atoms with Gasteiger partial charge in [-0.1, -0.05) is 60.0 Å². The molecule has 116 valence electrons. The van der Waals surface area contributed by atoms with Gasteiger partial charge in [0.15, 0.2) is 5.78 Å². The fourth-order valence-corrected chi connectivity index (χ4v) is 2.19. The molecule has 0 aliphatic carbocycles. The highest BCUT2D eigenvalue weighted by Gasteiger charge is 2.17. The summed E-state index contributed by atoms with van der Waals surface area (Å²) in [6.45, 7) is 5.83. The van der Waals surface area contributed by atoms with Gasteiger partial charge < -0.3 is 5.32 Å². The first-order valence-corrected chi connectivity index (χ1v) is 7.55. The lowest BCUT2D eigenvalue weighted by atomic mass is 10.0. The quantitative estimate of drug-likeness (QED) is 0.509. The molecule has 0 amide bonds. The Labute approximate surface area is 138 Å². The van der Waals surface area contributed by atoms with E-state index in [0.29, 0.717) is 5.56 Å². The van der Waals surface area contributed by atoms with Gasteiger partial charge in [0.1, 0.15) is 0 Å². The third-order valence-electron chi connectivity index (χ3n) is 3.47. The smallest absolute Gasteiger partial charge is 0.187 e. The van der Waals surface area contributed by atoms with Crippen LogP contribution in [0.25, 0.3) is 5.70 Å².